The number of halogens is 1. The minimum absolute atomic E-state index is 0.787. The van der Waals surface area contributed by atoms with Gasteiger partial charge in [-0.25, -0.2) is 0 Å². The van der Waals surface area contributed by atoms with Crippen molar-refractivity contribution < 1.29 is 0 Å². The summed E-state index contributed by atoms with van der Waals surface area (Å²) in [5.74, 6) is 3.25. The minimum atomic E-state index is 0.787. The van der Waals surface area contributed by atoms with E-state index in [9.17, 15) is 0 Å². The summed E-state index contributed by atoms with van der Waals surface area (Å²) in [6, 6.07) is 0. The molecular formula is C10H21Cl. The van der Waals surface area contributed by atoms with Crippen molar-refractivity contribution in [3.8, 4) is 0 Å². The fraction of sp³-hybridized carbons (Fsp3) is 1.00. The van der Waals surface area contributed by atoms with Crippen LogP contribution in [0.4, 0.5) is 0 Å². The molecule has 0 aliphatic heterocycles. The second-order valence-corrected chi connectivity index (χ2v) is 4.44. The van der Waals surface area contributed by atoms with Crippen LogP contribution in [0.15, 0.2) is 0 Å². The fourth-order valence-electron chi connectivity index (χ4n) is 1.43. The van der Waals surface area contributed by atoms with Gasteiger partial charge in [-0.05, 0) is 30.6 Å². The van der Waals surface area contributed by atoms with Crippen molar-refractivity contribution in [2.24, 2.45) is 17.8 Å². The van der Waals surface area contributed by atoms with Crippen LogP contribution < -0.4 is 0 Å². The van der Waals surface area contributed by atoms with Crippen LogP contribution >= 0.6 is 11.6 Å². The van der Waals surface area contributed by atoms with Crippen molar-refractivity contribution in [3.63, 3.8) is 0 Å². The maximum absolute atomic E-state index is 5.68. The van der Waals surface area contributed by atoms with Crippen molar-refractivity contribution in [1.82, 2.24) is 0 Å². The molecule has 2 atom stereocenters. The summed E-state index contributed by atoms with van der Waals surface area (Å²) in [6.45, 7) is 9.19. The number of hydrogen-bond donors (Lipinski definition) is 0. The molecule has 0 fully saturated rings. The summed E-state index contributed by atoms with van der Waals surface area (Å²) in [6.07, 6.45) is 2.49. The maximum atomic E-state index is 5.68. The van der Waals surface area contributed by atoms with Crippen molar-refractivity contribution in [3.05, 3.63) is 0 Å². The first-order valence-corrected chi connectivity index (χ1v) is 5.17. The first kappa shape index (κ1) is 11.3. The predicted octanol–water partition coefficient (Wildman–Crippen LogP) is 3.93. The first-order valence-electron chi connectivity index (χ1n) is 4.63. The van der Waals surface area contributed by atoms with E-state index < -0.39 is 0 Å². The largest absolute Gasteiger partial charge is 0.127 e. The lowest BCUT2D eigenvalue weighted by molar-refractivity contribution is 0.318. The van der Waals surface area contributed by atoms with Crippen LogP contribution in [0.2, 0.25) is 0 Å². The fourth-order valence-corrected chi connectivity index (χ4v) is 1.78. The maximum Gasteiger partial charge on any atom is 0.0226 e. The van der Waals surface area contributed by atoms with Gasteiger partial charge in [0.1, 0.15) is 0 Å². The Balaban J connectivity index is 3.54. The second kappa shape index (κ2) is 5.88. The number of alkyl halides is 1. The third kappa shape index (κ3) is 5.55. The van der Waals surface area contributed by atoms with Gasteiger partial charge in [0.2, 0.25) is 0 Å². The lowest BCUT2D eigenvalue weighted by atomic mass is 9.87. The molecule has 0 aromatic rings. The molecule has 0 spiro atoms. The normalized spacial score (nSPS) is 16.9. The van der Waals surface area contributed by atoms with E-state index in [1.165, 1.54) is 6.42 Å². The van der Waals surface area contributed by atoms with E-state index in [1.54, 1.807) is 0 Å². The molecule has 0 aromatic carbocycles. The van der Waals surface area contributed by atoms with Crippen molar-refractivity contribution >= 4 is 11.6 Å². The van der Waals surface area contributed by atoms with Crippen LogP contribution in [-0.4, -0.2) is 5.88 Å². The highest BCUT2D eigenvalue weighted by molar-refractivity contribution is 6.17. The SMILES string of the molecule is CC(C)CC(C)C(C)CCCl. The van der Waals surface area contributed by atoms with E-state index in [0.29, 0.717) is 0 Å². The van der Waals surface area contributed by atoms with Crippen LogP contribution in [0.25, 0.3) is 0 Å². The van der Waals surface area contributed by atoms with Gasteiger partial charge < -0.3 is 0 Å². The molecular weight excluding hydrogens is 156 g/mol. The molecule has 0 radical (unpaired) electrons. The first-order chi connectivity index (χ1) is 5.07. The second-order valence-electron chi connectivity index (χ2n) is 4.06. The van der Waals surface area contributed by atoms with Crippen LogP contribution in [0.3, 0.4) is 0 Å². The Hall–Kier alpha value is 0.290. The summed E-state index contributed by atoms with van der Waals surface area (Å²) in [4.78, 5) is 0. The quantitative estimate of drug-likeness (QED) is 0.557. The van der Waals surface area contributed by atoms with Crippen LogP contribution in [0.1, 0.15) is 40.5 Å². The number of hydrogen-bond acceptors (Lipinski definition) is 0. The van der Waals surface area contributed by atoms with E-state index >= 15 is 0 Å². The van der Waals surface area contributed by atoms with E-state index in [2.05, 4.69) is 27.7 Å². The van der Waals surface area contributed by atoms with Gasteiger partial charge in [0, 0.05) is 5.88 Å². The molecule has 2 unspecified atom stereocenters. The van der Waals surface area contributed by atoms with Gasteiger partial charge in [0.15, 0.2) is 0 Å². The van der Waals surface area contributed by atoms with E-state index in [-0.39, 0.29) is 0 Å². The Bertz CT molecular complexity index is 88.9. The smallest absolute Gasteiger partial charge is 0.0226 e. The van der Waals surface area contributed by atoms with Crippen LogP contribution in [0, 0.1) is 17.8 Å². The highest BCUT2D eigenvalue weighted by Gasteiger charge is 2.12. The molecule has 0 rings (SSSR count). The lowest BCUT2D eigenvalue weighted by Gasteiger charge is -2.20. The van der Waals surface area contributed by atoms with Gasteiger partial charge in [0.05, 0.1) is 0 Å². The third-order valence-electron chi connectivity index (χ3n) is 2.38. The van der Waals surface area contributed by atoms with E-state index in [1.807, 2.05) is 0 Å². The monoisotopic (exact) mass is 176 g/mol. The highest BCUT2D eigenvalue weighted by atomic mass is 35.5. The van der Waals surface area contributed by atoms with Gasteiger partial charge in [-0.15, -0.1) is 11.6 Å². The molecule has 0 aromatic heterocycles. The summed E-state index contributed by atoms with van der Waals surface area (Å²) in [5.41, 5.74) is 0. The van der Waals surface area contributed by atoms with Gasteiger partial charge in [-0.2, -0.15) is 0 Å². The average Bonchev–Trinajstić information content (AvgIpc) is 1.86. The van der Waals surface area contributed by atoms with Crippen molar-refractivity contribution in [2.75, 3.05) is 5.88 Å². The third-order valence-corrected chi connectivity index (χ3v) is 2.60. The van der Waals surface area contributed by atoms with Crippen molar-refractivity contribution in [1.29, 1.82) is 0 Å². The van der Waals surface area contributed by atoms with E-state index in [4.69, 9.17) is 11.6 Å². The molecule has 0 N–H and O–H groups in total. The molecule has 0 saturated carbocycles. The van der Waals surface area contributed by atoms with Gasteiger partial charge in [-0.1, -0.05) is 27.7 Å². The molecule has 1 heteroatoms. The minimum Gasteiger partial charge on any atom is -0.127 e. The van der Waals surface area contributed by atoms with E-state index in [0.717, 1.165) is 30.1 Å². The van der Waals surface area contributed by atoms with Crippen molar-refractivity contribution in [2.45, 2.75) is 40.5 Å². The summed E-state index contributed by atoms with van der Waals surface area (Å²) in [7, 11) is 0. The molecule has 0 heterocycles. The standard InChI is InChI=1S/C10H21Cl/c1-8(2)7-10(4)9(3)5-6-11/h8-10H,5-7H2,1-4H3. The Kier molecular flexibility index (Phi) is 6.03. The summed E-state index contributed by atoms with van der Waals surface area (Å²) >= 11 is 5.68. The molecule has 0 aliphatic rings. The van der Waals surface area contributed by atoms with Gasteiger partial charge in [-0.3, -0.25) is 0 Å². The molecule has 0 amide bonds. The molecule has 11 heavy (non-hydrogen) atoms. The molecule has 0 nitrogen and oxygen atoms in total. The summed E-state index contributed by atoms with van der Waals surface area (Å²) < 4.78 is 0. The number of rotatable bonds is 5. The Morgan fingerprint density at radius 1 is 1.00 bits per heavy atom. The molecule has 0 bridgehead atoms. The summed E-state index contributed by atoms with van der Waals surface area (Å²) in [5, 5.41) is 0. The van der Waals surface area contributed by atoms with Crippen LogP contribution in [-0.2, 0) is 0 Å². The molecule has 0 saturated heterocycles. The van der Waals surface area contributed by atoms with Crippen LogP contribution in [0.5, 0.6) is 0 Å². The highest BCUT2D eigenvalue weighted by Crippen LogP contribution is 2.22. The zero-order valence-corrected chi connectivity index (χ0v) is 8.99. The predicted molar refractivity (Wildman–Crippen MR) is 53.1 cm³/mol. The van der Waals surface area contributed by atoms with Gasteiger partial charge in [0.25, 0.3) is 0 Å². The Morgan fingerprint density at radius 2 is 1.55 bits per heavy atom. The zero-order chi connectivity index (χ0) is 8.85. The molecule has 68 valence electrons. The zero-order valence-electron chi connectivity index (χ0n) is 8.23. The topological polar surface area (TPSA) is 0 Å². The Morgan fingerprint density at radius 3 is 1.91 bits per heavy atom. The lowest BCUT2D eigenvalue weighted by Crippen LogP contribution is -2.11. The Labute approximate surface area is 76.3 Å². The van der Waals surface area contributed by atoms with Gasteiger partial charge >= 0.3 is 0 Å². The molecule has 0 aliphatic carbocycles. The average molecular weight is 177 g/mol.